The lowest BCUT2D eigenvalue weighted by Crippen LogP contribution is -2.29. The average molecular weight is 241 g/mol. The summed E-state index contributed by atoms with van der Waals surface area (Å²) in [6, 6.07) is 3.69. The van der Waals surface area contributed by atoms with Crippen molar-refractivity contribution in [2.45, 2.75) is 31.3 Å². The largest absolute Gasteiger partial charge is 0.265 e. The lowest BCUT2D eigenvalue weighted by atomic mass is 9.94. The highest BCUT2D eigenvalue weighted by Crippen LogP contribution is 2.42. The maximum Gasteiger partial charge on any atom is 0.265 e. The second-order valence-electron chi connectivity index (χ2n) is 4.23. The zero-order chi connectivity index (χ0) is 11.6. The van der Waals surface area contributed by atoms with Crippen molar-refractivity contribution in [1.82, 2.24) is 4.98 Å². The van der Waals surface area contributed by atoms with Crippen LogP contribution in [0.25, 0.3) is 0 Å². The van der Waals surface area contributed by atoms with Crippen molar-refractivity contribution in [3.05, 3.63) is 30.1 Å². The van der Waals surface area contributed by atoms with Gasteiger partial charge in [0.15, 0.2) is 0 Å². The van der Waals surface area contributed by atoms with E-state index in [0.29, 0.717) is 0 Å². The Balaban J connectivity index is 2.37. The molecule has 4 nitrogen and oxygen atoms in total. The van der Waals surface area contributed by atoms with Gasteiger partial charge >= 0.3 is 0 Å². The first kappa shape index (κ1) is 11.5. The van der Waals surface area contributed by atoms with Gasteiger partial charge in [-0.05, 0) is 18.9 Å². The van der Waals surface area contributed by atoms with Crippen LogP contribution in [0.1, 0.15) is 31.2 Å². The molecule has 0 N–H and O–H groups in total. The zero-order valence-corrected chi connectivity index (χ0v) is 10.0. The van der Waals surface area contributed by atoms with Gasteiger partial charge in [0.2, 0.25) is 0 Å². The highest BCUT2D eigenvalue weighted by atomic mass is 32.2. The van der Waals surface area contributed by atoms with Gasteiger partial charge in [-0.25, -0.2) is 0 Å². The van der Waals surface area contributed by atoms with Crippen LogP contribution >= 0.6 is 0 Å². The Bertz CT molecular complexity index is 449. The summed E-state index contributed by atoms with van der Waals surface area (Å²) in [5, 5.41) is 0. The van der Waals surface area contributed by atoms with Crippen LogP contribution in [0.15, 0.2) is 24.5 Å². The van der Waals surface area contributed by atoms with E-state index >= 15 is 0 Å². The second-order valence-corrected chi connectivity index (χ2v) is 5.81. The number of hydrogen-bond acceptors (Lipinski definition) is 4. The lowest BCUT2D eigenvalue weighted by molar-refractivity contribution is 0.0833. The minimum Gasteiger partial charge on any atom is -0.264 e. The summed E-state index contributed by atoms with van der Waals surface area (Å²) < 4.78 is 28.0. The van der Waals surface area contributed by atoms with Crippen LogP contribution < -0.4 is 0 Å². The van der Waals surface area contributed by atoms with Crippen LogP contribution in [0.3, 0.4) is 0 Å². The Hall–Kier alpha value is -0.940. The Kier molecular flexibility index (Phi) is 2.99. The van der Waals surface area contributed by atoms with Crippen molar-refractivity contribution < 1.29 is 12.6 Å². The molecular formula is C11H15NO3S. The van der Waals surface area contributed by atoms with E-state index in [-0.39, 0.29) is 0 Å². The molecule has 0 aromatic carbocycles. The van der Waals surface area contributed by atoms with Crippen molar-refractivity contribution >= 4 is 10.1 Å². The van der Waals surface area contributed by atoms with Gasteiger partial charge < -0.3 is 0 Å². The van der Waals surface area contributed by atoms with E-state index in [1.54, 1.807) is 18.5 Å². The first-order chi connectivity index (χ1) is 7.52. The molecule has 1 aliphatic rings. The van der Waals surface area contributed by atoms with Gasteiger partial charge in [0.1, 0.15) is 5.60 Å². The molecule has 88 valence electrons. The minimum absolute atomic E-state index is 0.679. The fourth-order valence-corrected chi connectivity index (χ4v) is 3.13. The maximum atomic E-state index is 11.3. The van der Waals surface area contributed by atoms with Crippen molar-refractivity contribution in [2.24, 2.45) is 0 Å². The Morgan fingerprint density at radius 1 is 1.38 bits per heavy atom. The normalized spacial score (nSPS) is 19.8. The van der Waals surface area contributed by atoms with Gasteiger partial charge in [-0.15, -0.1) is 0 Å². The Morgan fingerprint density at radius 3 is 2.56 bits per heavy atom. The number of hydrogen-bond donors (Lipinski definition) is 0. The van der Waals surface area contributed by atoms with Crippen molar-refractivity contribution in [3.63, 3.8) is 0 Å². The maximum absolute atomic E-state index is 11.3. The summed E-state index contributed by atoms with van der Waals surface area (Å²) in [5.74, 6) is 0. The Morgan fingerprint density at radius 2 is 2.06 bits per heavy atom. The van der Waals surface area contributed by atoms with E-state index in [9.17, 15) is 8.42 Å². The third-order valence-corrected chi connectivity index (χ3v) is 3.53. The van der Waals surface area contributed by atoms with E-state index in [2.05, 4.69) is 4.98 Å². The van der Waals surface area contributed by atoms with Crippen LogP contribution in [0.4, 0.5) is 0 Å². The molecule has 1 saturated carbocycles. The topological polar surface area (TPSA) is 56.3 Å². The average Bonchev–Trinajstić information content (AvgIpc) is 2.66. The van der Waals surface area contributed by atoms with Crippen molar-refractivity contribution in [3.8, 4) is 0 Å². The third kappa shape index (κ3) is 2.41. The molecule has 0 unspecified atom stereocenters. The summed E-state index contributed by atoms with van der Waals surface area (Å²) in [5.41, 5.74) is 0.180. The van der Waals surface area contributed by atoms with E-state index in [1.165, 1.54) is 0 Å². The van der Waals surface area contributed by atoms with Crippen LogP contribution in [-0.2, 0) is 19.9 Å². The summed E-state index contributed by atoms with van der Waals surface area (Å²) >= 11 is 0. The number of rotatable bonds is 3. The van der Waals surface area contributed by atoms with Crippen molar-refractivity contribution in [1.29, 1.82) is 0 Å². The molecule has 16 heavy (non-hydrogen) atoms. The fourth-order valence-electron chi connectivity index (χ4n) is 2.29. The summed E-state index contributed by atoms with van der Waals surface area (Å²) in [6.45, 7) is 0. The molecule has 1 aromatic heterocycles. The molecule has 0 aliphatic heterocycles. The molecule has 0 spiro atoms. The molecule has 0 amide bonds. The van der Waals surface area contributed by atoms with Gasteiger partial charge in [0.25, 0.3) is 10.1 Å². The first-order valence-corrected chi connectivity index (χ1v) is 7.15. The van der Waals surface area contributed by atoms with Crippen LogP contribution in [0.5, 0.6) is 0 Å². The van der Waals surface area contributed by atoms with Crippen LogP contribution in [0, 0.1) is 0 Å². The molecule has 1 heterocycles. The van der Waals surface area contributed by atoms with Crippen molar-refractivity contribution in [2.75, 3.05) is 6.26 Å². The highest BCUT2D eigenvalue weighted by Gasteiger charge is 2.40. The molecule has 2 rings (SSSR count). The molecule has 0 radical (unpaired) electrons. The SMILES string of the molecule is CS(=O)(=O)OC1(c2cccnc2)CCCC1. The molecule has 0 saturated heterocycles. The van der Waals surface area contributed by atoms with Gasteiger partial charge in [-0.2, -0.15) is 8.42 Å². The monoisotopic (exact) mass is 241 g/mol. The molecule has 1 aliphatic carbocycles. The second kappa shape index (κ2) is 4.14. The molecule has 0 atom stereocenters. The van der Waals surface area contributed by atoms with Gasteiger partial charge in [0.05, 0.1) is 6.26 Å². The zero-order valence-electron chi connectivity index (χ0n) is 9.22. The molecular weight excluding hydrogens is 226 g/mol. The summed E-state index contributed by atoms with van der Waals surface area (Å²) in [6.07, 6.45) is 7.93. The molecule has 1 fully saturated rings. The molecule has 5 heteroatoms. The predicted octanol–water partition coefficient (Wildman–Crippen LogP) is 1.83. The van der Waals surface area contributed by atoms with Gasteiger partial charge in [0, 0.05) is 18.0 Å². The minimum atomic E-state index is -3.44. The van der Waals surface area contributed by atoms with E-state index in [0.717, 1.165) is 37.5 Å². The summed E-state index contributed by atoms with van der Waals surface area (Å²) in [4.78, 5) is 4.03. The van der Waals surface area contributed by atoms with Crippen LogP contribution in [0.2, 0.25) is 0 Å². The smallest absolute Gasteiger partial charge is 0.264 e. The first-order valence-electron chi connectivity index (χ1n) is 5.33. The summed E-state index contributed by atoms with van der Waals surface area (Å²) in [7, 11) is -3.44. The van der Waals surface area contributed by atoms with Gasteiger partial charge in [-0.3, -0.25) is 9.17 Å². The number of pyridine rings is 1. The third-order valence-electron chi connectivity index (χ3n) is 2.91. The van der Waals surface area contributed by atoms with E-state index in [4.69, 9.17) is 4.18 Å². The van der Waals surface area contributed by atoms with Gasteiger partial charge in [-0.1, -0.05) is 18.9 Å². The molecule has 1 aromatic rings. The quantitative estimate of drug-likeness (QED) is 0.757. The predicted molar refractivity (Wildman–Crippen MR) is 60.3 cm³/mol. The number of aromatic nitrogens is 1. The van der Waals surface area contributed by atoms with E-state index < -0.39 is 15.7 Å². The van der Waals surface area contributed by atoms with E-state index in [1.807, 2.05) is 6.07 Å². The lowest BCUT2D eigenvalue weighted by Gasteiger charge is -2.27. The fraction of sp³-hybridized carbons (Fsp3) is 0.545. The highest BCUT2D eigenvalue weighted by molar-refractivity contribution is 7.86. The van der Waals surface area contributed by atoms with Crippen LogP contribution in [-0.4, -0.2) is 19.7 Å². The Labute approximate surface area is 95.8 Å². The standard InChI is InChI=1S/C11H15NO3S/c1-16(13,14)15-11(6-2-3-7-11)10-5-4-8-12-9-10/h4-5,8-9H,2-3,6-7H2,1H3. The molecule has 0 bridgehead atoms. The number of nitrogens with zero attached hydrogens (tertiary/aromatic N) is 1.